The summed E-state index contributed by atoms with van der Waals surface area (Å²) in [4.78, 5) is 3.72. The van der Waals surface area contributed by atoms with Crippen LogP contribution in [0.2, 0.25) is 0 Å². The molecule has 3 aromatic rings. The third-order valence-electron chi connectivity index (χ3n) is 5.06. The van der Waals surface area contributed by atoms with Gasteiger partial charge in [0.2, 0.25) is 0 Å². The fourth-order valence-corrected chi connectivity index (χ4v) is 4.87. The van der Waals surface area contributed by atoms with Crippen LogP contribution in [0.25, 0.3) is 5.69 Å². The molecule has 1 saturated heterocycles. The zero-order valence-corrected chi connectivity index (χ0v) is 15.3. The van der Waals surface area contributed by atoms with E-state index in [9.17, 15) is 0 Å². The zero-order valence-electron chi connectivity index (χ0n) is 14.5. The number of anilines is 2. The van der Waals surface area contributed by atoms with E-state index in [-0.39, 0.29) is 5.37 Å². The van der Waals surface area contributed by atoms with E-state index in [1.807, 2.05) is 0 Å². The third kappa shape index (κ3) is 2.84. The van der Waals surface area contributed by atoms with Crippen LogP contribution in [0.5, 0.6) is 0 Å². The molecule has 5 nitrogen and oxygen atoms in total. The number of nitrogens with zero attached hydrogens (tertiary/aromatic N) is 4. The lowest BCUT2D eigenvalue weighted by Crippen LogP contribution is -2.29. The molecule has 1 unspecified atom stereocenters. The second kappa shape index (κ2) is 6.68. The van der Waals surface area contributed by atoms with E-state index < -0.39 is 0 Å². The molecule has 0 bridgehead atoms. The minimum atomic E-state index is 0.0493. The predicted molar refractivity (Wildman–Crippen MR) is 106 cm³/mol. The monoisotopic (exact) mass is 363 g/mol. The Balaban J connectivity index is 1.37. The Hall–Kier alpha value is -2.47. The van der Waals surface area contributed by atoms with Crippen molar-refractivity contribution in [1.82, 2.24) is 14.8 Å². The Kier molecular flexibility index (Phi) is 4.05. The van der Waals surface area contributed by atoms with Gasteiger partial charge in [0.05, 0.1) is 5.69 Å². The van der Waals surface area contributed by atoms with E-state index >= 15 is 0 Å². The minimum Gasteiger partial charge on any atom is -0.372 e. The molecule has 0 amide bonds. The number of hydrogen-bond acceptors (Lipinski definition) is 5. The first-order valence-corrected chi connectivity index (χ1v) is 10.0. The van der Waals surface area contributed by atoms with Crippen molar-refractivity contribution in [2.24, 2.45) is 0 Å². The van der Waals surface area contributed by atoms with Gasteiger partial charge in [0.1, 0.15) is 11.7 Å². The van der Waals surface area contributed by atoms with Crippen molar-refractivity contribution in [3.63, 3.8) is 0 Å². The second-order valence-corrected chi connectivity index (χ2v) is 7.91. The number of piperidine rings is 1. The van der Waals surface area contributed by atoms with E-state index in [2.05, 4.69) is 73.5 Å². The first-order chi connectivity index (χ1) is 12.9. The fraction of sp³-hybridized carbons (Fsp3) is 0.300. The van der Waals surface area contributed by atoms with Crippen molar-refractivity contribution < 1.29 is 0 Å². The Morgan fingerprint density at radius 3 is 2.62 bits per heavy atom. The number of nitrogens with one attached hydrogen (secondary N) is 1. The van der Waals surface area contributed by atoms with Gasteiger partial charge < -0.3 is 10.2 Å². The van der Waals surface area contributed by atoms with Crippen molar-refractivity contribution in [2.75, 3.05) is 23.3 Å². The highest BCUT2D eigenvalue weighted by atomic mass is 32.2. The highest BCUT2D eigenvalue weighted by molar-refractivity contribution is 7.99. The third-order valence-corrected chi connectivity index (χ3v) is 6.23. The molecule has 0 aliphatic carbocycles. The average molecular weight is 363 g/mol. The van der Waals surface area contributed by atoms with Gasteiger partial charge in [-0.15, -0.1) is 10.2 Å². The Labute approximate surface area is 157 Å². The molecule has 1 fully saturated rings. The van der Waals surface area contributed by atoms with Gasteiger partial charge in [-0.05, 0) is 55.7 Å². The van der Waals surface area contributed by atoms with Gasteiger partial charge in [0.25, 0.3) is 0 Å². The molecular formula is C20H21N5S. The van der Waals surface area contributed by atoms with Gasteiger partial charge in [0.15, 0.2) is 5.82 Å². The van der Waals surface area contributed by atoms with Gasteiger partial charge in [-0.1, -0.05) is 23.9 Å². The molecule has 0 radical (unpaired) electrons. The lowest BCUT2D eigenvalue weighted by atomic mass is 10.1. The van der Waals surface area contributed by atoms with Crippen molar-refractivity contribution in [1.29, 1.82) is 0 Å². The molecule has 2 aromatic carbocycles. The zero-order chi connectivity index (χ0) is 17.3. The van der Waals surface area contributed by atoms with E-state index in [4.69, 9.17) is 0 Å². The fourth-order valence-electron chi connectivity index (χ4n) is 3.71. The molecule has 6 heteroatoms. The number of para-hydroxylation sites is 1. The maximum atomic E-state index is 4.35. The maximum absolute atomic E-state index is 4.35. The summed E-state index contributed by atoms with van der Waals surface area (Å²) < 4.78 is 2.08. The molecule has 0 spiro atoms. The van der Waals surface area contributed by atoms with E-state index in [0.717, 1.165) is 17.2 Å². The normalized spacial score (nSPS) is 18.9. The largest absolute Gasteiger partial charge is 0.372 e. The smallest absolute Gasteiger partial charge is 0.170 e. The number of fused-ring (bicyclic) bond motifs is 3. The van der Waals surface area contributed by atoms with Crippen LogP contribution in [0.15, 0.2) is 59.8 Å². The van der Waals surface area contributed by atoms with Crippen LogP contribution in [0.1, 0.15) is 30.5 Å². The molecule has 2 aliphatic rings. The standard InChI is InChI=1S/C20H21N5S/c1-4-12-24(13-5-1)16-10-8-15(9-11-16)22-20-19-23-21-14-25(19)17-6-2-3-7-18(17)26-20/h2-3,6-11,14,20,22H,1,4-5,12-13H2. The Morgan fingerprint density at radius 2 is 1.77 bits per heavy atom. The molecule has 3 heterocycles. The predicted octanol–water partition coefficient (Wildman–Crippen LogP) is 4.47. The lowest BCUT2D eigenvalue weighted by molar-refractivity contribution is 0.578. The summed E-state index contributed by atoms with van der Waals surface area (Å²) in [6, 6.07) is 17.2. The molecule has 2 aliphatic heterocycles. The van der Waals surface area contributed by atoms with Crippen LogP contribution < -0.4 is 10.2 Å². The average Bonchev–Trinajstić information content (AvgIpc) is 3.20. The number of thioether (sulfide) groups is 1. The van der Waals surface area contributed by atoms with Crippen LogP contribution in [-0.4, -0.2) is 27.9 Å². The van der Waals surface area contributed by atoms with Crippen molar-refractivity contribution in [2.45, 2.75) is 29.5 Å². The number of benzene rings is 2. The van der Waals surface area contributed by atoms with Gasteiger partial charge in [0, 0.05) is 29.4 Å². The van der Waals surface area contributed by atoms with Crippen LogP contribution in [0.3, 0.4) is 0 Å². The lowest BCUT2D eigenvalue weighted by Gasteiger charge is -2.29. The SMILES string of the molecule is c1ccc2c(c1)SC(Nc1ccc(N3CCCCC3)cc1)c1nncn1-2. The molecule has 1 aromatic heterocycles. The highest BCUT2D eigenvalue weighted by Crippen LogP contribution is 2.43. The summed E-state index contributed by atoms with van der Waals surface area (Å²) in [7, 11) is 0. The van der Waals surface area contributed by atoms with Crippen LogP contribution in [0, 0.1) is 0 Å². The quantitative estimate of drug-likeness (QED) is 0.744. The van der Waals surface area contributed by atoms with Crippen molar-refractivity contribution in [3.05, 3.63) is 60.7 Å². The highest BCUT2D eigenvalue weighted by Gasteiger charge is 2.27. The molecule has 1 N–H and O–H groups in total. The summed E-state index contributed by atoms with van der Waals surface area (Å²) >= 11 is 1.79. The first kappa shape index (κ1) is 15.8. The number of aromatic nitrogens is 3. The second-order valence-electron chi connectivity index (χ2n) is 6.76. The number of rotatable bonds is 3. The van der Waals surface area contributed by atoms with E-state index in [1.165, 1.54) is 42.9 Å². The van der Waals surface area contributed by atoms with Crippen molar-refractivity contribution in [3.8, 4) is 5.69 Å². The number of hydrogen-bond donors (Lipinski definition) is 1. The maximum Gasteiger partial charge on any atom is 0.170 e. The van der Waals surface area contributed by atoms with E-state index in [0.29, 0.717) is 0 Å². The summed E-state index contributed by atoms with van der Waals surface area (Å²) in [5.41, 5.74) is 3.58. The minimum absolute atomic E-state index is 0.0493. The molecule has 132 valence electrons. The van der Waals surface area contributed by atoms with Crippen LogP contribution in [-0.2, 0) is 0 Å². The van der Waals surface area contributed by atoms with Gasteiger partial charge >= 0.3 is 0 Å². The molecule has 1 atom stereocenters. The first-order valence-electron chi connectivity index (χ1n) is 9.16. The van der Waals surface area contributed by atoms with Crippen LogP contribution in [0.4, 0.5) is 11.4 Å². The van der Waals surface area contributed by atoms with Gasteiger partial charge in [-0.25, -0.2) is 0 Å². The van der Waals surface area contributed by atoms with Gasteiger partial charge in [-0.2, -0.15) is 0 Å². The summed E-state index contributed by atoms with van der Waals surface area (Å²) in [6.07, 6.45) is 5.75. The van der Waals surface area contributed by atoms with Crippen LogP contribution >= 0.6 is 11.8 Å². The molecule has 0 saturated carbocycles. The summed E-state index contributed by atoms with van der Waals surface area (Å²) in [6.45, 7) is 2.34. The van der Waals surface area contributed by atoms with Crippen molar-refractivity contribution >= 4 is 23.1 Å². The Morgan fingerprint density at radius 1 is 0.962 bits per heavy atom. The summed E-state index contributed by atoms with van der Waals surface area (Å²) in [5, 5.41) is 12.1. The molecule has 5 rings (SSSR count). The van der Waals surface area contributed by atoms with Gasteiger partial charge in [-0.3, -0.25) is 4.57 Å². The summed E-state index contributed by atoms with van der Waals surface area (Å²) in [5.74, 6) is 0.939. The van der Waals surface area contributed by atoms with E-state index in [1.54, 1.807) is 18.1 Å². The molecule has 26 heavy (non-hydrogen) atoms. The Bertz CT molecular complexity index is 899. The topological polar surface area (TPSA) is 46.0 Å². The molecular weight excluding hydrogens is 342 g/mol.